The van der Waals surface area contributed by atoms with Crippen LogP contribution in [-0.2, 0) is 4.79 Å². The Balaban J connectivity index is 1.90. The van der Waals surface area contributed by atoms with Gasteiger partial charge in [0.1, 0.15) is 5.76 Å². The Kier molecular flexibility index (Phi) is 8.02. The van der Waals surface area contributed by atoms with E-state index >= 15 is 0 Å². The zero-order chi connectivity index (χ0) is 18.8. The molecule has 0 saturated heterocycles. The summed E-state index contributed by atoms with van der Waals surface area (Å²) in [5, 5.41) is 2.94. The molecule has 6 nitrogen and oxygen atoms in total. The molecular weight excluding hydrogens is 332 g/mol. The molecule has 0 aliphatic heterocycles. The Morgan fingerprint density at radius 1 is 1.08 bits per heavy atom. The molecule has 0 saturated carbocycles. The highest BCUT2D eigenvalue weighted by molar-refractivity contribution is 5.77. The van der Waals surface area contributed by atoms with Crippen LogP contribution >= 0.6 is 0 Å². The first kappa shape index (κ1) is 19.8. The van der Waals surface area contributed by atoms with E-state index in [1.165, 1.54) is 0 Å². The Morgan fingerprint density at radius 3 is 2.35 bits per heavy atom. The van der Waals surface area contributed by atoms with Crippen molar-refractivity contribution in [1.29, 1.82) is 0 Å². The fourth-order valence-electron chi connectivity index (χ4n) is 2.80. The summed E-state index contributed by atoms with van der Waals surface area (Å²) in [5.74, 6) is 1.87. The van der Waals surface area contributed by atoms with Crippen molar-refractivity contribution in [1.82, 2.24) is 10.2 Å². The van der Waals surface area contributed by atoms with Gasteiger partial charge in [-0.05, 0) is 44.3 Å². The van der Waals surface area contributed by atoms with Crippen molar-refractivity contribution in [2.75, 3.05) is 32.8 Å². The number of likely N-dealkylation sites (N-methyl/N-ethyl adjacent to an activating group) is 1. The third kappa shape index (κ3) is 5.52. The van der Waals surface area contributed by atoms with Crippen LogP contribution in [0.5, 0.6) is 11.5 Å². The first-order valence-electron chi connectivity index (χ1n) is 9.08. The molecule has 0 aliphatic rings. The lowest BCUT2D eigenvalue weighted by Gasteiger charge is -2.28. The predicted octanol–water partition coefficient (Wildman–Crippen LogP) is 3.26. The van der Waals surface area contributed by atoms with Gasteiger partial charge in [-0.3, -0.25) is 9.69 Å². The average Bonchev–Trinajstić information content (AvgIpc) is 3.19. The Morgan fingerprint density at radius 2 is 1.77 bits per heavy atom. The Hall–Kier alpha value is -2.47. The molecule has 0 radical (unpaired) electrons. The second-order valence-corrected chi connectivity index (χ2v) is 5.72. The van der Waals surface area contributed by atoms with Crippen molar-refractivity contribution in [2.24, 2.45) is 0 Å². The van der Waals surface area contributed by atoms with Crippen molar-refractivity contribution >= 4 is 5.91 Å². The molecule has 1 unspecified atom stereocenters. The van der Waals surface area contributed by atoms with Crippen LogP contribution in [0.2, 0.25) is 0 Å². The van der Waals surface area contributed by atoms with Crippen LogP contribution in [0.25, 0.3) is 0 Å². The van der Waals surface area contributed by atoms with Crippen LogP contribution in [0.15, 0.2) is 47.1 Å². The van der Waals surface area contributed by atoms with Gasteiger partial charge < -0.3 is 19.2 Å². The molecule has 6 heteroatoms. The van der Waals surface area contributed by atoms with Crippen molar-refractivity contribution < 1.29 is 18.7 Å². The minimum Gasteiger partial charge on any atom is -0.490 e. The van der Waals surface area contributed by atoms with Crippen molar-refractivity contribution in [3.05, 3.63) is 48.4 Å². The van der Waals surface area contributed by atoms with Gasteiger partial charge in [0.05, 0.1) is 18.9 Å². The summed E-state index contributed by atoms with van der Waals surface area (Å²) in [7, 11) is 0. The number of hydrogen-bond donors (Lipinski definition) is 1. The van der Waals surface area contributed by atoms with Crippen molar-refractivity contribution in [3.63, 3.8) is 0 Å². The zero-order valence-corrected chi connectivity index (χ0v) is 15.7. The van der Waals surface area contributed by atoms with Gasteiger partial charge in [0.25, 0.3) is 5.91 Å². The normalized spacial score (nSPS) is 12.0. The Labute approximate surface area is 155 Å². The van der Waals surface area contributed by atoms with Crippen LogP contribution in [-0.4, -0.2) is 43.7 Å². The lowest BCUT2D eigenvalue weighted by Crippen LogP contribution is -2.39. The molecule has 1 N–H and O–H groups in total. The fraction of sp³-hybridized carbons (Fsp3) is 0.450. The smallest absolute Gasteiger partial charge is 0.258 e. The number of rotatable bonds is 11. The number of hydrogen-bond acceptors (Lipinski definition) is 5. The summed E-state index contributed by atoms with van der Waals surface area (Å²) in [5.41, 5.74) is 0. The largest absolute Gasteiger partial charge is 0.490 e. The summed E-state index contributed by atoms with van der Waals surface area (Å²) in [4.78, 5) is 14.5. The van der Waals surface area contributed by atoms with Crippen LogP contribution in [0.1, 0.15) is 32.6 Å². The number of carbonyl (C=O) groups excluding carboxylic acids is 1. The first-order chi connectivity index (χ1) is 12.7. The number of nitrogens with zero attached hydrogens (tertiary/aromatic N) is 1. The highest BCUT2D eigenvalue weighted by Gasteiger charge is 2.21. The predicted molar refractivity (Wildman–Crippen MR) is 100 cm³/mol. The average molecular weight is 360 g/mol. The standard InChI is InChI=1S/C20H28N2O4/c1-4-22(5-2)16(17-12-9-13-25-17)14-21-20(23)15-26-19-11-8-7-10-18(19)24-6-3/h7-13,16H,4-6,14-15H2,1-3H3,(H,21,23). The fourth-order valence-corrected chi connectivity index (χ4v) is 2.80. The minimum absolute atomic E-state index is 0.000314. The molecule has 0 spiro atoms. The third-order valence-corrected chi connectivity index (χ3v) is 4.13. The molecule has 1 aromatic carbocycles. The van der Waals surface area contributed by atoms with E-state index in [0.717, 1.165) is 18.8 Å². The molecule has 0 fully saturated rings. The van der Waals surface area contributed by atoms with E-state index in [0.29, 0.717) is 24.7 Å². The molecular formula is C20H28N2O4. The van der Waals surface area contributed by atoms with Gasteiger partial charge in [0.15, 0.2) is 18.1 Å². The molecule has 1 heterocycles. The van der Waals surface area contributed by atoms with E-state index in [2.05, 4.69) is 24.1 Å². The molecule has 0 aliphatic carbocycles. The number of carbonyl (C=O) groups is 1. The van der Waals surface area contributed by atoms with Gasteiger partial charge in [-0.2, -0.15) is 0 Å². The molecule has 1 aromatic heterocycles. The summed E-state index contributed by atoms with van der Waals surface area (Å²) in [6, 6.07) is 11.1. The maximum absolute atomic E-state index is 12.2. The first-order valence-corrected chi connectivity index (χ1v) is 9.08. The summed E-state index contributed by atoms with van der Waals surface area (Å²) < 4.78 is 16.7. The van der Waals surface area contributed by atoms with E-state index in [-0.39, 0.29) is 18.6 Å². The molecule has 2 aromatic rings. The molecule has 2 rings (SSSR count). The van der Waals surface area contributed by atoms with Crippen molar-refractivity contribution in [3.8, 4) is 11.5 Å². The van der Waals surface area contributed by atoms with E-state index in [1.54, 1.807) is 12.3 Å². The van der Waals surface area contributed by atoms with Gasteiger partial charge in [-0.25, -0.2) is 0 Å². The van der Waals surface area contributed by atoms with Crippen LogP contribution in [0.4, 0.5) is 0 Å². The minimum atomic E-state index is -0.181. The topological polar surface area (TPSA) is 63.9 Å². The van der Waals surface area contributed by atoms with Crippen molar-refractivity contribution in [2.45, 2.75) is 26.8 Å². The van der Waals surface area contributed by atoms with Gasteiger partial charge in [0, 0.05) is 6.54 Å². The number of ether oxygens (including phenoxy) is 2. The molecule has 1 atom stereocenters. The number of nitrogens with one attached hydrogen (secondary N) is 1. The molecule has 0 bridgehead atoms. The summed E-state index contributed by atoms with van der Waals surface area (Å²) in [6.07, 6.45) is 1.65. The second-order valence-electron chi connectivity index (χ2n) is 5.72. The number of amides is 1. The van der Waals surface area contributed by atoms with E-state index in [1.807, 2.05) is 37.3 Å². The van der Waals surface area contributed by atoms with Crippen LogP contribution < -0.4 is 14.8 Å². The molecule has 1 amide bonds. The maximum atomic E-state index is 12.2. The van der Waals surface area contributed by atoms with Crippen LogP contribution in [0, 0.1) is 0 Å². The number of para-hydroxylation sites is 2. The van der Waals surface area contributed by atoms with Crippen LogP contribution in [0.3, 0.4) is 0 Å². The number of furan rings is 1. The highest BCUT2D eigenvalue weighted by Crippen LogP contribution is 2.26. The SMILES string of the molecule is CCOc1ccccc1OCC(=O)NCC(c1ccco1)N(CC)CC. The summed E-state index contributed by atoms with van der Waals surface area (Å²) in [6.45, 7) is 8.78. The maximum Gasteiger partial charge on any atom is 0.258 e. The van der Waals surface area contributed by atoms with Gasteiger partial charge in [-0.15, -0.1) is 0 Å². The second kappa shape index (κ2) is 10.5. The highest BCUT2D eigenvalue weighted by atomic mass is 16.5. The lowest BCUT2D eigenvalue weighted by molar-refractivity contribution is -0.123. The quantitative estimate of drug-likeness (QED) is 0.666. The van der Waals surface area contributed by atoms with Gasteiger partial charge in [0.2, 0.25) is 0 Å². The monoisotopic (exact) mass is 360 g/mol. The van der Waals surface area contributed by atoms with Gasteiger partial charge >= 0.3 is 0 Å². The third-order valence-electron chi connectivity index (χ3n) is 4.13. The Bertz CT molecular complexity index is 654. The summed E-state index contributed by atoms with van der Waals surface area (Å²) >= 11 is 0. The lowest BCUT2D eigenvalue weighted by atomic mass is 10.2. The van der Waals surface area contributed by atoms with Gasteiger partial charge in [-0.1, -0.05) is 26.0 Å². The number of benzene rings is 1. The molecule has 142 valence electrons. The van der Waals surface area contributed by atoms with E-state index < -0.39 is 0 Å². The van der Waals surface area contributed by atoms with E-state index in [4.69, 9.17) is 13.9 Å². The zero-order valence-electron chi connectivity index (χ0n) is 15.7. The molecule has 26 heavy (non-hydrogen) atoms. The van der Waals surface area contributed by atoms with E-state index in [9.17, 15) is 4.79 Å².